The van der Waals surface area contributed by atoms with Crippen molar-refractivity contribution in [3.63, 3.8) is 0 Å². The van der Waals surface area contributed by atoms with Crippen LogP contribution in [0.4, 0.5) is 0 Å². The standard InChI is InChI=1S/C15H23N3O/c1-11(14(17)12-6-3-2-4-7-12)15(19)18-9-5-8-13(16)10-18/h2-4,6-7,11,13-14H,5,8-10,16-17H2,1H3. The Morgan fingerprint density at radius 1 is 1.37 bits per heavy atom. The third-order valence-corrected chi connectivity index (χ3v) is 3.88. The van der Waals surface area contributed by atoms with Gasteiger partial charge < -0.3 is 16.4 Å². The van der Waals surface area contributed by atoms with Crippen molar-refractivity contribution in [2.75, 3.05) is 13.1 Å². The van der Waals surface area contributed by atoms with Crippen LogP contribution in [0.2, 0.25) is 0 Å². The van der Waals surface area contributed by atoms with E-state index in [1.54, 1.807) is 0 Å². The van der Waals surface area contributed by atoms with Crippen molar-refractivity contribution in [2.24, 2.45) is 17.4 Å². The van der Waals surface area contributed by atoms with Gasteiger partial charge in [-0.1, -0.05) is 37.3 Å². The number of nitrogens with zero attached hydrogens (tertiary/aromatic N) is 1. The average Bonchev–Trinajstić information content (AvgIpc) is 2.46. The normalized spacial score (nSPS) is 22.9. The molecule has 1 aliphatic rings. The molecule has 0 spiro atoms. The van der Waals surface area contributed by atoms with Crippen LogP contribution >= 0.6 is 0 Å². The van der Waals surface area contributed by atoms with Crippen LogP contribution in [-0.4, -0.2) is 29.9 Å². The van der Waals surface area contributed by atoms with Crippen LogP contribution in [-0.2, 0) is 4.79 Å². The molecule has 1 saturated heterocycles. The average molecular weight is 261 g/mol. The SMILES string of the molecule is CC(C(=O)N1CCCC(N)C1)C(N)c1ccccc1. The second kappa shape index (κ2) is 6.17. The van der Waals surface area contributed by atoms with Gasteiger partial charge in [0.05, 0.1) is 5.92 Å². The fourth-order valence-electron chi connectivity index (χ4n) is 2.62. The first-order valence-corrected chi connectivity index (χ1v) is 6.94. The molecule has 0 aromatic heterocycles. The first-order chi connectivity index (χ1) is 9.09. The highest BCUT2D eigenvalue weighted by molar-refractivity contribution is 5.79. The Morgan fingerprint density at radius 3 is 2.68 bits per heavy atom. The zero-order valence-electron chi connectivity index (χ0n) is 11.5. The zero-order chi connectivity index (χ0) is 13.8. The summed E-state index contributed by atoms with van der Waals surface area (Å²) in [5.74, 6) is -0.0980. The van der Waals surface area contributed by atoms with Gasteiger partial charge in [0, 0.05) is 25.2 Å². The zero-order valence-corrected chi connectivity index (χ0v) is 11.5. The van der Waals surface area contributed by atoms with Crippen molar-refractivity contribution in [3.05, 3.63) is 35.9 Å². The Hall–Kier alpha value is -1.39. The third-order valence-electron chi connectivity index (χ3n) is 3.88. The van der Waals surface area contributed by atoms with Crippen LogP contribution in [0.3, 0.4) is 0 Å². The van der Waals surface area contributed by atoms with Crippen molar-refractivity contribution in [1.82, 2.24) is 4.90 Å². The van der Waals surface area contributed by atoms with Crippen LogP contribution in [0.15, 0.2) is 30.3 Å². The number of hydrogen-bond donors (Lipinski definition) is 2. The molecule has 1 fully saturated rings. The summed E-state index contributed by atoms with van der Waals surface area (Å²) < 4.78 is 0. The molecule has 19 heavy (non-hydrogen) atoms. The third kappa shape index (κ3) is 3.33. The maximum atomic E-state index is 12.4. The molecule has 0 saturated carbocycles. The van der Waals surface area contributed by atoms with Crippen molar-refractivity contribution in [1.29, 1.82) is 0 Å². The lowest BCUT2D eigenvalue weighted by atomic mass is 9.93. The van der Waals surface area contributed by atoms with Gasteiger partial charge in [-0.2, -0.15) is 0 Å². The number of piperidine rings is 1. The molecule has 1 aromatic rings. The topological polar surface area (TPSA) is 72.3 Å². The van der Waals surface area contributed by atoms with Gasteiger partial charge in [-0.3, -0.25) is 4.79 Å². The molecule has 3 unspecified atom stereocenters. The largest absolute Gasteiger partial charge is 0.341 e. The van der Waals surface area contributed by atoms with E-state index in [2.05, 4.69) is 0 Å². The van der Waals surface area contributed by atoms with E-state index >= 15 is 0 Å². The maximum Gasteiger partial charge on any atom is 0.227 e. The van der Waals surface area contributed by atoms with Crippen molar-refractivity contribution in [2.45, 2.75) is 31.8 Å². The molecule has 1 aliphatic heterocycles. The Labute approximate surface area is 114 Å². The number of benzene rings is 1. The number of hydrogen-bond acceptors (Lipinski definition) is 3. The van der Waals surface area contributed by atoms with E-state index in [9.17, 15) is 4.79 Å². The molecular formula is C15H23N3O. The minimum atomic E-state index is -0.258. The van der Waals surface area contributed by atoms with Crippen molar-refractivity contribution < 1.29 is 4.79 Å². The van der Waals surface area contributed by atoms with Crippen LogP contribution in [0, 0.1) is 5.92 Å². The molecule has 4 N–H and O–H groups in total. The Kier molecular flexibility index (Phi) is 4.56. The maximum absolute atomic E-state index is 12.4. The highest BCUT2D eigenvalue weighted by Gasteiger charge is 2.29. The molecule has 0 bridgehead atoms. The smallest absolute Gasteiger partial charge is 0.227 e. The van der Waals surface area contributed by atoms with Gasteiger partial charge >= 0.3 is 0 Å². The van der Waals surface area contributed by atoms with E-state index in [1.165, 1.54) is 0 Å². The van der Waals surface area contributed by atoms with E-state index in [1.807, 2.05) is 42.2 Å². The van der Waals surface area contributed by atoms with Crippen LogP contribution in [0.5, 0.6) is 0 Å². The fourth-order valence-corrected chi connectivity index (χ4v) is 2.62. The van der Waals surface area contributed by atoms with Gasteiger partial charge in [-0.25, -0.2) is 0 Å². The Morgan fingerprint density at radius 2 is 2.05 bits per heavy atom. The predicted octanol–water partition coefficient (Wildman–Crippen LogP) is 1.27. The summed E-state index contributed by atoms with van der Waals surface area (Å²) in [7, 11) is 0. The molecule has 4 nitrogen and oxygen atoms in total. The number of rotatable bonds is 3. The molecule has 3 atom stereocenters. The summed E-state index contributed by atoms with van der Waals surface area (Å²) in [6, 6.07) is 9.63. The predicted molar refractivity (Wildman–Crippen MR) is 76.3 cm³/mol. The van der Waals surface area contributed by atoms with E-state index in [0.717, 1.165) is 24.9 Å². The lowest BCUT2D eigenvalue weighted by Crippen LogP contribution is -2.48. The Bertz CT molecular complexity index is 421. The lowest BCUT2D eigenvalue weighted by molar-refractivity contribution is -0.136. The van der Waals surface area contributed by atoms with E-state index < -0.39 is 0 Å². The summed E-state index contributed by atoms with van der Waals surface area (Å²) in [6.45, 7) is 3.36. The molecule has 4 heteroatoms. The molecule has 0 radical (unpaired) electrons. The summed E-state index contributed by atoms with van der Waals surface area (Å²) in [5, 5.41) is 0. The van der Waals surface area contributed by atoms with Crippen molar-refractivity contribution in [3.8, 4) is 0 Å². The van der Waals surface area contributed by atoms with Gasteiger partial charge in [-0.05, 0) is 18.4 Å². The second-order valence-corrected chi connectivity index (χ2v) is 5.41. The van der Waals surface area contributed by atoms with E-state index in [0.29, 0.717) is 6.54 Å². The minimum absolute atomic E-state index is 0.109. The number of nitrogens with two attached hydrogens (primary N) is 2. The van der Waals surface area contributed by atoms with Gasteiger partial charge in [0.1, 0.15) is 0 Å². The van der Waals surface area contributed by atoms with Crippen molar-refractivity contribution >= 4 is 5.91 Å². The summed E-state index contributed by atoms with van der Waals surface area (Å²) >= 11 is 0. The summed E-state index contributed by atoms with van der Waals surface area (Å²) in [6.07, 6.45) is 1.99. The number of carbonyl (C=O) groups is 1. The van der Waals surface area contributed by atoms with E-state index in [4.69, 9.17) is 11.5 Å². The van der Waals surface area contributed by atoms with Gasteiger partial charge in [0.15, 0.2) is 0 Å². The molecule has 104 valence electrons. The monoisotopic (exact) mass is 261 g/mol. The first kappa shape index (κ1) is 14.0. The first-order valence-electron chi connectivity index (χ1n) is 6.94. The molecule has 2 rings (SSSR count). The number of likely N-dealkylation sites (tertiary alicyclic amines) is 1. The summed E-state index contributed by atoms with van der Waals surface area (Å²) in [5.41, 5.74) is 13.1. The van der Waals surface area contributed by atoms with E-state index in [-0.39, 0.29) is 23.9 Å². The molecule has 1 amide bonds. The van der Waals surface area contributed by atoms with Gasteiger partial charge in [0.25, 0.3) is 0 Å². The Balaban J connectivity index is 2.02. The highest BCUT2D eigenvalue weighted by atomic mass is 16.2. The lowest BCUT2D eigenvalue weighted by Gasteiger charge is -2.34. The molecule has 1 aromatic carbocycles. The highest BCUT2D eigenvalue weighted by Crippen LogP contribution is 2.22. The number of carbonyl (C=O) groups excluding carboxylic acids is 1. The quantitative estimate of drug-likeness (QED) is 0.860. The van der Waals surface area contributed by atoms with Crippen LogP contribution < -0.4 is 11.5 Å². The van der Waals surface area contributed by atoms with Crippen LogP contribution in [0.25, 0.3) is 0 Å². The molecule has 1 heterocycles. The molecule has 0 aliphatic carbocycles. The minimum Gasteiger partial charge on any atom is -0.341 e. The second-order valence-electron chi connectivity index (χ2n) is 5.41. The van der Waals surface area contributed by atoms with Gasteiger partial charge in [-0.15, -0.1) is 0 Å². The fraction of sp³-hybridized carbons (Fsp3) is 0.533. The summed E-state index contributed by atoms with van der Waals surface area (Å²) in [4.78, 5) is 14.3. The van der Waals surface area contributed by atoms with Crippen LogP contribution in [0.1, 0.15) is 31.4 Å². The van der Waals surface area contributed by atoms with Gasteiger partial charge in [0.2, 0.25) is 5.91 Å². The number of amides is 1. The molecular weight excluding hydrogens is 238 g/mol.